The molecule has 0 saturated carbocycles. The summed E-state index contributed by atoms with van der Waals surface area (Å²) >= 11 is 1.77. The van der Waals surface area contributed by atoms with E-state index in [0.29, 0.717) is 5.56 Å². The van der Waals surface area contributed by atoms with E-state index in [0.717, 1.165) is 51.8 Å². The molecule has 0 aliphatic carbocycles. The number of aryl methyl sites for hydroxylation is 1. The summed E-state index contributed by atoms with van der Waals surface area (Å²) in [6.45, 7) is 2.66. The zero-order valence-corrected chi connectivity index (χ0v) is 48.9. The van der Waals surface area contributed by atoms with Crippen LogP contribution in [0.3, 0.4) is 0 Å². The van der Waals surface area contributed by atoms with Crippen molar-refractivity contribution in [3.05, 3.63) is 71.3 Å². The normalized spacial score (nSPS) is 12.9. The molecule has 8 rings (SSSR count). The van der Waals surface area contributed by atoms with Crippen LogP contribution in [-0.2, 0) is 50.6 Å². The zero-order valence-electron chi connectivity index (χ0n) is 43.2. The van der Waals surface area contributed by atoms with Crippen molar-refractivity contribution in [2.75, 3.05) is 45.2 Å². The number of ether oxygens (including phenoxy) is 4. The first kappa shape index (κ1) is 61.5. The number of nitriles is 1. The van der Waals surface area contributed by atoms with Gasteiger partial charge in [0.2, 0.25) is 11.0 Å². The molecule has 0 aliphatic rings. The Morgan fingerprint density at radius 1 is 0.639 bits per heavy atom. The van der Waals surface area contributed by atoms with Gasteiger partial charge < -0.3 is 24.1 Å². The van der Waals surface area contributed by atoms with Gasteiger partial charge in [0.15, 0.2) is 11.3 Å². The number of imidazole rings is 1. The van der Waals surface area contributed by atoms with E-state index in [4.69, 9.17) is 18.9 Å². The first-order chi connectivity index (χ1) is 38.8. The zero-order chi connectivity index (χ0) is 60.7. The largest absolute Gasteiger partial charge is 0.497 e. The number of hydrogen-bond donors (Lipinski definition) is 6. The number of azo groups is 3. The van der Waals surface area contributed by atoms with Gasteiger partial charge in [0.25, 0.3) is 50.6 Å². The van der Waals surface area contributed by atoms with Gasteiger partial charge in [-0.05, 0) is 62.3 Å². The average molecular weight is 1280 g/mol. The maximum atomic E-state index is 12.6. The Hall–Kier alpha value is -7.61. The van der Waals surface area contributed by atoms with E-state index < -0.39 is 82.7 Å². The van der Waals surface area contributed by atoms with Gasteiger partial charge >= 0.3 is 0 Å². The highest BCUT2D eigenvalue weighted by molar-refractivity contribution is 7.99. The third-order valence-corrected chi connectivity index (χ3v) is 18.2. The Morgan fingerprint density at radius 2 is 1.25 bits per heavy atom. The number of thioether (sulfide) groups is 1. The van der Waals surface area contributed by atoms with Gasteiger partial charge in [-0.15, -0.1) is 37.3 Å². The van der Waals surface area contributed by atoms with Crippen LogP contribution in [0.25, 0.3) is 37.7 Å². The smallest absolute Gasteiger partial charge is 0.296 e. The van der Waals surface area contributed by atoms with E-state index in [9.17, 15) is 75.2 Å². The number of thiazole rings is 1. The van der Waals surface area contributed by atoms with Crippen molar-refractivity contribution in [2.24, 2.45) is 30.7 Å². The lowest BCUT2D eigenvalue weighted by molar-refractivity contribution is 0.317. The monoisotopic (exact) mass is 1280 g/mol. The lowest BCUT2D eigenvalue weighted by atomic mass is 10.1. The first-order valence-electron chi connectivity index (χ1n) is 23.2. The summed E-state index contributed by atoms with van der Waals surface area (Å²) in [6.07, 6.45) is -0.275. The summed E-state index contributed by atoms with van der Waals surface area (Å²) in [7, 11) is -19.9. The Kier molecular flexibility index (Phi) is 17.5. The summed E-state index contributed by atoms with van der Waals surface area (Å²) in [5.74, 6) is -2.24. The van der Waals surface area contributed by atoms with Crippen LogP contribution in [0.15, 0.2) is 105 Å². The van der Waals surface area contributed by atoms with E-state index in [1.165, 1.54) is 58.6 Å². The summed E-state index contributed by atoms with van der Waals surface area (Å²) in [6, 6.07) is 12.8. The predicted molar refractivity (Wildman–Crippen MR) is 298 cm³/mol. The van der Waals surface area contributed by atoms with Crippen molar-refractivity contribution in [1.82, 2.24) is 14.4 Å². The maximum absolute atomic E-state index is 12.6. The Labute approximate surface area is 478 Å². The second-order valence-electron chi connectivity index (χ2n) is 17.4. The Balaban J connectivity index is 1.21. The summed E-state index contributed by atoms with van der Waals surface area (Å²) < 4.78 is 193. The van der Waals surface area contributed by atoms with Crippen LogP contribution in [0.1, 0.15) is 29.5 Å². The van der Waals surface area contributed by atoms with Crippen molar-refractivity contribution in [2.45, 2.75) is 46.3 Å². The van der Waals surface area contributed by atoms with Gasteiger partial charge in [-0.1, -0.05) is 11.3 Å². The molecule has 0 bridgehead atoms. The molecule has 83 heavy (non-hydrogen) atoms. The van der Waals surface area contributed by atoms with Gasteiger partial charge in [-0.25, -0.2) is 9.97 Å². The standard InChI is InChI=1S/C46H42N10O20S7/c1-22-12-30(51-54-40-23(2)28(21-47)44-48-41-33(56(44)45(40)57)13-24(73-3)14-38(41)82(67,68)69)36(76-8-6-10-79(58,59)60)18-29(22)50-53-32-19-35(75-5)31(20-37(32)77-9-7-11-80(61,62)63)52-55-46-49-42-39(83(70,71)72)17-26-27(43(42)78-46)15-25(81(64,65)66)16-34(26)74-4/h12-20,57H,6-11H2,1-5H3,(H,58,59,60)(H,61,62,63)(H,64,65,66)(H,67,68,69)(H,70,71,72). The molecular formula is C46H42N10O20S7. The number of pyridine rings is 1. The molecule has 37 heteroatoms. The fourth-order valence-corrected chi connectivity index (χ4v) is 13.0. The highest BCUT2D eigenvalue weighted by Crippen LogP contribution is 2.47. The van der Waals surface area contributed by atoms with Crippen LogP contribution in [0, 0.1) is 25.2 Å². The molecule has 0 atom stereocenters. The lowest BCUT2D eigenvalue weighted by Crippen LogP contribution is -2.08. The van der Waals surface area contributed by atoms with Crippen LogP contribution < -0.4 is 18.9 Å². The molecule has 0 aliphatic heterocycles. The van der Waals surface area contributed by atoms with Crippen molar-refractivity contribution in [1.29, 1.82) is 5.26 Å². The Bertz CT molecular complexity index is 4740. The molecule has 0 spiro atoms. The third-order valence-electron chi connectivity index (χ3n) is 11.9. The number of hydrogen-bond acceptors (Lipinski definition) is 26. The molecule has 438 valence electrons. The van der Waals surface area contributed by atoms with Crippen LogP contribution in [0.5, 0.6) is 28.9 Å². The van der Waals surface area contributed by atoms with E-state index in [1.807, 2.05) is 6.07 Å². The minimum atomic E-state index is -4.99. The van der Waals surface area contributed by atoms with Gasteiger partial charge in [0.1, 0.15) is 72.5 Å². The van der Waals surface area contributed by atoms with Crippen LogP contribution in [-0.4, -0.2) is 130 Å². The topological polar surface area (TPSA) is 457 Å². The molecule has 3 heterocycles. The quantitative estimate of drug-likeness (QED) is 0.0159. The number of aromatic hydroxyl groups is 1. The van der Waals surface area contributed by atoms with Gasteiger partial charge in [-0.2, -0.15) is 52.5 Å². The number of nitrogens with zero attached hydrogens (tertiary/aromatic N) is 10. The molecule has 0 saturated heterocycles. The second kappa shape index (κ2) is 23.6. The van der Waals surface area contributed by atoms with Crippen molar-refractivity contribution >= 4 is 145 Å². The summed E-state index contributed by atoms with van der Waals surface area (Å²) in [5.41, 5.74) is -0.932. The van der Waals surface area contributed by atoms with Crippen molar-refractivity contribution in [3.63, 3.8) is 0 Å². The SMILES string of the molecule is COc1cc(S(=O)(=O)O)c2nc3c(C#N)c(C)c(N=Nc4cc(C)c(N=Nc5cc(OC)c(N=Nc6nc7c(S(=O)(=O)O)cc8c(OC)cc(S(=O)(=O)O)cc8c7s6)cc5SCCCS(=O)(=O)O)cc4OCCCS(=O)(=O)O)c(O)n3c2c1. The van der Waals surface area contributed by atoms with E-state index in [1.54, 1.807) is 6.92 Å². The average Bonchev–Trinajstić information content (AvgIpc) is 3.14. The molecule has 0 amide bonds. The fraction of sp³-hybridized carbons (Fsp3) is 0.239. The first-order valence-corrected chi connectivity index (χ1v) is 32.5. The minimum Gasteiger partial charge on any atom is -0.497 e. The predicted octanol–water partition coefficient (Wildman–Crippen LogP) is 9.48. The molecule has 30 nitrogen and oxygen atoms in total. The van der Waals surface area contributed by atoms with Crippen molar-refractivity contribution < 1.29 is 88.9 Å². The molecule has 0 radical (unpaired) electrons. The highest BCUT2D eigenvalue weighted by atomic mass is 32.2. The molecule has 3 aromatic heterocycles. The summed E-state index contributed by atoms with van der Waals surface area (Å²) in [4.78, 5) is 6.82. The fourth-order valence-electron chi connectivity index (χ4n) is 8.08. The maximum Gasteiger partial charge on any atom is 0.296 e. The van der Waals surface area contributed by atoms with Gasteiger partial charge in [-0.3, -0.25) is 27.2 Å². The number of aromatic nitrogens is 3. The van der Waals surface area contributed by atoms with Crippen LogP contribution in [0.4, 0.5) is 33.6 Å². The molecule has 0 unspecified atom stereocenters. The van der Waals surface area contributed by atoms with Crippen LogP contribution >= 0.6 is 23.1 Å². The van der Waals surface area contributed by atoms with Gasteiger partial charge in [0, 0.05) is 51.6 Å². The molecule has 0 fully saturated rings. The van der Waals surface area contributed by atoms with E-state index >= 15 is 0 Å². The number of rotatable bonds is 22. The molecule has 5 aromatic carbocycles. The van der Waals surface area contributed by atoms with Gasteiger partial charge in [0.05, 0.1) is 60.2 Å². The van der Waals surface area contributed by atoms with E-state index in [-0.39, 0.29) is 135 Å². The second-order valence-corrected chi connectivity index (χ2v) is 26.9. The number of fused-ring (bicyclic) bond motifs is 6. The summed E-state index contributed by atoms with van der Waals surface area (Å²) in [5, 5.41) is 47.7. The van der Waals surface area contributed by atoms with E-state index in [2.05, 4.69) is 40.7 Å². The minimum absolute atomic E-state index is 0.00328. The third kappa shape index (κ3) is 13.6. The molecule has 8 aromatic rings. The number of methoxy groups -OCH3 is 3. The Morgan fingerprint density at radius 3 is 1.88 bits per heavy atom. The van der Waals surface area contributed by atoms with Crippen molar-refractivity contribution in [3.8, 4) is 34.9 Å². The molecular weight excluding hydrogens is 1240 g/mol. The highest BCUT2D eigenvalue weighted by Gasteiger charge is 2.28. The number of benzene rings is 5. The van der Waals surface area contributed by atoms with Crippen LogP contribution in [0.2, 0.25) is 0 Å². The molecule has 6 N–H and O–H groups in total. The lowest BCUT2D eigenvalue weighted by Gasteiger charge is -2.12.